The molecule has 1 unspecified atom stereocenters. The molecule has 0 saturated carbocycles. The maximum atomic E-state index is 12.7. The molecule has 0 aromatic carbocycles. The summed E-state index contributed by atoms with van der Waals surface area (Å²) in [5.74, 6) is 0. The molecule has 0 aliphatic heterocycles. The molecule has 0 fully saturated rings. The summed E-state index contributed by atoms with van der Waals surface area (Å²) in [6.07, 6.45) is 3.43. The van der Waals surface area contributed by atoms with Gasteiger partial charge in [0.05, 0.1) is 11.2 Å². The lowest BCUT2D eigenvalue weighted by Crippen LogP contribution is -2.51. The number of pyridine rings is 1. The summed E-state index contributed by atoms with van der Waals surface area (Å²) in [5, 5.41) is 9.66. The van der Waals surface area contributed by atoms with Gasteiger partial charge in [0.1, 0.15) is 0 Å². The van der Waals surface area contributed by atoms with Gasteiger partial charge in [0, 0.05) is 25.2 Å². The van der Waals surface area contributed by atoms with Crippen LogP contribution in [0.25, 0.3) is 16.7 Å². The average molecular weight is 415 g/mol. The van der Waals surface area contributed by atoms with E-state index in [9.17, 15) is 14.7 Å². The number of fused-ring (bicyclic) bond motifs is 1. The lowest BCUT2D eigenvalue weighted by Gasteiger charge is -2.40. The lowest BCUT2D eigenvalue weighted by molar-refractivity contribution is 0.0673. The largest absolute Gasteiger partial charge is 0.465 e. The van der Waals surface area contributed by atoms with E-state index in [4.69, 9.17) is 4.98 Å². The van der Waals surface area contributed by atoms with Gasteiger partial charge < -0.3 is 10.0 Å². The van der Waals surface area contributed by atoms with Gasteiger partial charge in [0.2, 0.25) is 0 Å². The van der Waals surface area contributed by atoms with Crippen LogP contribution in [-0.2, 0) is 13.6 Å². The van der Waals surface area contributed by atoms with Gasteiger partial charge >= 0.3 is 11.8 Å². The van der Waals surface area contributed by atoms with E-state index in [0.29, 0.717) is 18.6 Å². The summed E-state index contributed by atoms with van der Waals surface area (Å²) < 4.78 is 3.41. The van der Waals surface area contributed by atoms with Crippen molar-refractivity contribution in [2.24, 2.45) is 12.5 Å². The van der Waals surface area contributed by atoms with Gasteiger partial charge in [-0.1, -0.05) is 26.8 Å². The second-order valence-corrected chi connectivity index (χ2v) is 10.5. The molecule has 0 bridgehead atoms. The van der Waals surface area contributed by atoms with Crippen molar-refractivity contribution in [3.8, 4) is 0 Å². The summed E-state index contributed by atoms with van der Waals surface area (Å²) in [6, 6.07) is 3.93. The normalized spacial score (nSPS) is 17.8. The molecule has 30 heavy (non-hydrogen) atoms. The molecular weight excluding hydrogens is 380 g/mol. The van der Waals surface area contributed by atoms with Gasteiger partial charge in [-0.15, -0.1) is 0 Å². The van der Waals surface area contributed by atoms with Crippen molar-refractivity contribution in [1.82, 2.24) is 19.0 Å². The van der Waals surface area contributed by atoms with Crippen molar-refractivity contribution in [3.05, 3.63) is 34.4 Å². The minimum absolute atomic E-state index is 0.0131. The van der Waals surface area contributed by atoms with E-state index in [1.54, 1.807) is 21.1 Å². The number of rotatable bonds is 3. The Labute approximate surface area is 178 Å². The van der Waals surface area contributed by atoms with Crippen LogP contribution in [0.5, 0.6) is 0 Å². The monoisotopic (exact) mass is 414 g/mol. The number of aromatic nitrogens is 3. The summed E-state index contributed by atoms with van der Waals surface area (Å²) >= 11 is 0. The van der Waals surface area contributed by atoms with Crippen LogP contribution in [0, 0.1) is 5.41 Å². The predicted octanol–water partition coefficient (Wildman–Crippen LogP) is 4.50. The Morgan fingerprint density at radius 3 is 2.40 bits per heavy atom. The molecule has 0 radical (unpaired) electrons. The second kappa shape index (κ2) is 7.60. The molecule has 7 heteroatoms. The van der Waals surface area contributed by atoms with Crippen molar-refractivity contribution in [2.75, 3.05) is 0 Å². The number of imidazole rings is 1. The maximum absolute atomic E-state index is 12.7. The molecule has 0 saturated heterocycles. The van der Waals surface area contributed by atoms with E-state index in [-0.39, 0.29) is 17.1 Å². The van der Waals surface area contributed by atoms with Gasteiger partial charge in [-0.25, -0.2) is 14.6 Å². The SMILES string of the molecule is Cn1c(=O)n(CC(C)(C)C)c2ccc(C3=CCC(N(C(=O)O)C(C)(C)C)CC3)nc21. The zero-order valence-electron chi connectivity index (χ0n) is 19.2. The second-order valence-electron chi connectivity index (χ2n) is 10.5. The van der Waals surface area contributed by atoms with Crippen LogP contribution in [0.3, 0.4) is 0 Å². The fourth-order valence-electron chi connectivity index (χ4n) is 4.36. The standard InChI is InChI=1S/C23H34N4O3/c1-22(2,3)14-26-18-13-12-17(24-19(18)25(7)20(26)28)15-8-10-16(11-9-15)27(21(29)30)23(4,5)6/h8,12-13,16H,9-11,14H2,1-7H3,(H,29,30). The predicted molar refractivity (Wildman–Crippen MR) is 120 cm³/mol. The minimum atomic E-state index is -0.876. The molecule has 164 valence electrons. The van der Waals surface area contributed by atoms with E-state index in [1.807, 2.05) is 32.9 Å². The van der Waals surface area contributed by atoms with Crippen molar-refractivity contribution >= 4 is 22.8 Å². The fraction of sp³-hybridized carbons (Fsp3) is 0.609. The molecule has 7 nitrogen and oxygen atoms in total. The molecule has 2 aromatic rings. The highest BCUT2D eigenvalue weighted by Crippen LogP contribution is 2.32. The highest BCUT2D eigenvalue weighted by atomic mass is 16.4. The zero-order valence-corrected chi connectivity index (χ0v) is 19.2. The molecular formula is C23H34N4O3. The first kappa shape index (κ1) is 22.1. The molecule has 2 aromatic heterocycles. The fourth-order valence-corrected chi connectivity index (χ4v) is 4.36. The quantitative estimate of drug-likeness (QED) is 0.802. The first-order valence-corrected chi connectivity index (χ1v) is 10.6. The minimum Gasteiger partial charge on any atom is -0.465 e. The Morgan fingerprint density at radius 2 is 1.90 bits per heavy atom. The number of allylic oxidation sites excluding steroid dienone is 1. The van der Waals surface area contributed by atoms with Crippen LogP contribution >= 0.6 is 0 Å². The van der Waals surface area contributed by atoms with Gasteiger partial charge in [0.25, 0.3) is 0 Å². The average Bonchev–Trinajstić information content (AvgIpc) is 2.84. The van der Waals surface area contributed by atoms with E-state index in [0.717, 1.165) is 29.6 Å². The number of hydrogen-bond donors (Lipinski definition) is 1. The summed E-state index contributed by atoms with van der Waals surface area (Å²) in [4.78, 5) is 30.9. The number of carbonyl (C=O) groups is 1. The molecule has 1 N–H and O–H groups in total. The van der Waals surface area contributed by atoms with Crippen LogP contribution in [0.4, 0.5) is 4.79 Å². The molecule has 3 rings (SSSR count). The number of amides is 1. The third-order valence-corrected chi connectivity index (χ3v) is 5.62. The molecule has 1 aliphatic carbocycles. The van der Waals surface area contributed by atoms with E-state index < -0.39 is 11.6 Å². The molecule has 1 aliphatic rings. The maximum Gasteiger partial charge on any atom is 0.407 e. The van der Waals surface area contributed by atoms with Gasteiger partial charge in [0.15, 0.2) is 5.65 Å². The van der Waals surface area contributed by atoms with Crippen molar-refractivity contribution in [1.29, 1.82) is 0 Å². The van der Waals surface area contributed by atoms with Gasteiger partial charge in [-0.3, -0.25) is 9.13 Å². The Bertz CT molecular complexity index is 1050. The van der Waals surface area contributed by atoms with Crippen molar-refractivity contribution in [2.45, 2.75) is 78.9 Å². The van der Waals surface area contributed by atoms with Crippen LogP contribution < -0.4 is 5.69 Å². The van der Waals surface area contributed by atoms with Crippen LogP contribution in [0.15, 0.2) is 23.0 Å². The van der Waals surface area contributed by atoms with Crippen LogP contribution in [-0.4, -0.2) is 41.8 Å². The first-order valence-electron chi connectivity index (χ1n) is 10.6. The smallest absolute Gasteiger partial charge is 0.407 e. The lowest BCUT2D eigenvalue weighted by atomic mass is 9.90. The van der Waals surface area contributed by atoms with Gasteiger partial charge in [-0.2, -0.15) is 0 Å². The number of nitrogens with zero attached hydrogens (tertiary/aromatic N) is 4. The molecule has 2 heterocycles. The molecule has 1 amide bonds. The van der Waals surface area contributed by atoms with E-state index >= 15 is 0 Å². The first-order chi connectivity index (χ1) is 13.8. The Hall–Kier alpha value is -2.57. The summed E-state index contributed by atoms with van der Waals surface area (Å²) in [5.41, 5.74) is 3.01. The topological polar surface area (TPSA) is 80.4 Å². The van der Waals surface area contributed by atoms with E-state index in [2.05, 4.69) is 26.8 Å². The highest BCUT2D eigenvalue weighted by Gasteiger charge is 2.34. The van der Waals surface area contributed by atoms with E-state index in [1.165, 1.54) is 0 Å². The summed E-state index contributed by atoms with van der Waals surface area (Å²) in [6.45, 7) is 12.8. The third-order valence-electron chi connectivity index (χ3n) is 5.62. The van der Waals surface area contributed by atoms with Crippen LogP contribution in [0.1, 0.15) is 66.5 Å². The number of carboxylic acid groups (broad SMARTS) is 1. The Morgan fingerprint density at radius 1 is 1.23 bits per heavy atom. The van der Waals surface area contributed by atoms with Crippen molar-refractivity contribution in [3.63, 3.8) is 0 Å². The van der Waals surface area contributed by atoms with Gasteiger partial charge in [-0.05, 0) is 63.2 Å². The number of aryl methyl sites for hydroxylation is 1. The van der Waals surface area contributed by atoms with Crippen LogP contribution in [0.2, 0.25) is 0 Å². The van der Waals surface area contributed by atoms with Crippen molar-refractivity contribution < 1.29 is 9.90 Å². The third kappa shape index (κ3) is 4.30. The molecule has 0 spiro atoms. The highest BCUT2D eigenvalue weighted by molar-refractivity contribution is 5.76. The molecule has 1 atom stereocenters. The number of hydrogen-bond acceptors (Lipinski definition) is 3. The summed E-state index contributed by atoms with van der Waals surface area (Å²) in [7, 11) is 1.76. The Balaban J connectivity index is 1.92. The Kier molecular flexibility index (Phi) is 5.60. The zero-order chi connectivity index (χ0) is 22.4.